The van der Waals surface area contributed by atoms with Crippen LogP contribution >= 0.6 is 0 Å². The first-order chi connectivity index (χ1) is 10.4. The number of nitrogens with zero attached hydrogens (tertiary/aromatic N) is 2. The van der Waals surface area contributed by atoms with E-state index in [1.165, 1.54) is 27.2 Å². The van der Waals surface area contributed by atoms with Crippen molar-refractivity contribution in [2.24, 2.45) is 0 Å². The molecule has 3 aromatic heterocycles. The third-order valence-corrected chi connectivity index (χ3v) is 4.21. The summed E-state index contributed by atoms with van der Waals surface area (Å²) in [6.07, 6.45) is 1.85. The summed E-state index contributed by atoms with van der Waals surface area (Å²) in [4.78, 5) is 4.51. The van der Waals surface area contributed by atoms with E-state index in [1.54, 1.807) is 0 Å². The first kappa shape index (κ1) is 10.9. The normalized spacial score (nSPS) is 11.8. The van der Waals surface area contributed by atoms with Crippen molar-refractivity contribution >= 4 is 38.2 Å². The summed E-state index contributed by atoms with van der Waals surface area (Å²) in [6, 6.07) is 23.5. The lowest BCUT2D eigenvalue weighted by atomic mass is 10.1. The van der Waals surface area contributed by atoms with Crippen molar-refractivity contribution in [3.8, 4) is 0 Å². The van der Waals surface area contributed by atoms with Gasteiger partial charge in [0.2, 0.25) is 0 Å². The molecule has 0 N–H and O–H groups in total. The molecule has 0 aliphatic rings. The molecule has 2 nitrogen and oxygen atoms in total. The molecule has 2 heteroatoms. The van der Waals surface area contributed by atoms with Gasteiger partial charge in [0.1, 0.15) is 0 Å². The van der Waals surface area contributed by atoms with Crippen LogP contribution in [-0.4, -0.2) is 9.38 Å². The minimum atomic E-state index is 1.04. The molecule has 0 spiro atoms. The minimum absolute atomic E-state index is 1.04. The molecule has 5 rings (SSSR count). The number of para-hydroxylation sites is 1. The van der Waals surface area contributed by atoms with Gasteiger partial charge in [-0.1, -0.05) is 42.5 Å². The number of benzene rings is 2. The molecule has 0 saturated carbocycles. The van der Waals surface area contributed by atoms with E-state index in [9.17, 15) is 0 Å². The van der Waals surface area contributed by atoms with Crippen LogP contribution in [0.4, 0.5) is 0 Å². The van der Waals surface area contributed by atoms with Gasteiger partial charge in [0.25, 0.3) is 0 Å². The highest BCUT2D eigenvalue weighted by Gasteiger charge is 2.11. The molecule has 0 aliphatic heterocycles. The monoisotopic (exact) mass is 268 g/mol. The minimum Gasteiger partial charge on any atom is -0.307 e. The van der Waals surface area contributed by atoms with Gasteiger partial charge >= 0.3 is 0 Å². The number of hydrogen-bond donors (Lipinski definition) is 0. The van der Waals surface area contributed by atoms with Crippen LogP contribution in [0, 0.1) is 0 Å². The highest BCUT2D eigenvalue weighted by molar-refractivity contribution is 6.15. The van der Waals surface area contributed by atoms with Crippen molar-refractivity contribution in [3.05, 3.63) is 72.9 Å². The van der Waals surface area contributed by atoms with Crippen LogP contribution in [0.15, 0.2) is 72.9 Å². The summed E-state index contributed by atoms with van der Waals surface area (Å²) in [5, 5.41) is 3.85. The van der Waals surface area contributed by atoms with Gasteiger partial charge in [-0.15, -0.1) is 0 Å². The van der Waals surface area contributed by atoms with Gasteiger partial charge in [0.15, 0.2) is 0 Å². The highest BCUT2D eigenvalue weighted by Crippen LogP contribution is 2.32. The molecular formula is C19H12N2. The van der Waals surface area contributed by atoms with Crippen molar-refractivity contribution in [3.63, 3.8) is 0 Å². The number of fused-ring (bicyclic) bond motifs is 8. The van der Waals surface area contributed by atoms with Crippen LogP contribution in [0.5, 0.6) is 0 Å². The van der Waals surface area contributed by atoms with Crippen LogP contribution in [0.3, 0.4) is 0 Å². The Morgan fingerprint density at radius 3 is 2.14 bits per heavy atom. The summed E-state index contributed by atoms with van der Waals surface area (Å²) in [5.41, 5.74) is 4.65. The fraction of sp³-hybridized carbons (Fsp3) is 0. The van der Waals surface area contributed by atoms with Crippen molar-refractivity contribution in [1.82, 2.24) is 9.38 Å². The Bertz CT molecular complexity index is 1140. The zero-order chi connectivity index (χ0) is 13.8. The van der Waals surface area contributed by atoms with E-state index >= 15 is 0 Å². The molecule has 5 aromatic rings. The van der Waals surface area contributed by atoms with Crippen LogP contribution < -0.4 is 0 Å². The first-order valence-electron chi connectivity index (χ1n) is 7.09. The lowest BCUT2D eigenvalue weighted by Crippen LogP contribution is -1.90. The van der Waals surface area contributed by atoms with Gasteiger partial charge < -0.3 is 4.40 Å². The van der Waals surface area contributed by atoms with E-state index in [-0.39, 0.29) is 0 Å². The van der Waals surface area contributed by atoms with E-state index in [1.807, 2.05) is 12.3 Å². The van der Waals surface area contributed by atoms with Crippen LogP contribution in [0.2, 0.25) is 0 Å². The third kappa shape index (κ3) is 1.34. The largest absolute Gasteiger partial charge is 0.307 e. The van der Waals surface area contributed by atoms with Gasteiger partial charge in [-0.05, 0) is 29.7 Å². The lowest BCUT2D eigenvalue weighted by Gasteiger charge is -2.09. The van der Waals surface area contributed by atoms with E-state index in [0.29, 0.717) is 0 Å². The SMILES string of the molecule is c1ccc2c(c1)c1ccccc1n1c3cccnc3cc21. The molecule has 0 fully saturated rings. The zero-order valence-corrected chi connectivity index (χ0v) is 11.3. The Kier molecular flexibility index (Phi) is 1.98. The number of pyridine rings is 2. The average Bonchev–Trinajstić information content (AvgIpc) is 2.95. The summed E-state index contributed by atoms with van der Waals surface area (Å²) in [5.74, 6) is 0. The van der Waals surface area contributed by atoms with Gasteiger partial charge in [0, 0.05) is 17.0 Å². The fourth-order valence-corrected chi connectivity index (χ4v) is 3.33. The van der Waals surface area contributed by atoms with Crippen LogP contribution in [0.25, 0.3) is 38.2 Å². The first-order valence-corrected chi connectivity index (χ1v) is 7.09. The molecular weight excluding hydrogens is 256 g/mol. The second-order valence-corrected chi connectivity index (χ2v) is 5.34. The molecule has 0 unspecified atom stereocenters. The van der Waals surface area contributed by atoms with Crippen molar-refractivity contribution in [2.75, 3.05) is 0 Å². The quantitative estimate of drug-likeness (QED) is 0.369. The fourth-order valence-electron chi connectivity index (χ4n) is 3.33. The van der Waals surface area contributed by atoms with Crippen molar-refractivity contribution in [2.45, 2.75) is 0 Å². The summed E-state index contributed by atoms with van der Waals surface area (Å²) in [6.45, 7) is 0. The maximum atomic E-state index is 4.51. The topological polar surface area (TPSA) is 17.3 Å². The summed E-state index contributed by atoms with van der Waals surface area (Å²) < 4.78 is 2.32. The average molecular weight is 268 g/mol. The Labute approximate surface area is 121 Å². The van der Waals surface area contributed by atoms with E-state index in [4.69, 9.17) is 0 Å². The van der Waals surface area contributed by atoms with Gasteiger partial charge in [-0.3, -0.25) is 4.98 Å². The number of rotatable bonds is 0. The highest BCUT2D eigenvalue weighted by atomic mass is 14.9. The van der Waals surface area contributed by atoms with E-state index in [0.717, 1.165) is 11.0 Å². The second kappa shape index (κ2) is 3.83. The van der Waals surface area contributed by atoms with Crippen molar-refractivity contribution in [1.29, 1.82) is 0 Å². The Balaban J connectivity index is 2.25. The van der Waals surface area contributed by atoms with E-state index in [2.05, 4.69) is 70.0 Å². The molecule has 0 radical (unpaired) electrons. The molecule has 0 amide bonds. The molecule has 0 saturated heterocycles. The van der Waals surface area contributed by atoms with Crippen molar-refractivity contribution < 1.29 is 0 Å². The molecule has 98 valence electrons. The second-order valence-electron chi connectivity index (χ2n) is 5.34. The number of aromatic nitrogens is 2. The molecule has 3 heterocycles. The zero-order valence-electron chi connectivity index (χ0n) is 11.3. The lowest BCUT2D eigenvalue weighted by molar-refractivity contribution is 1.33. The predicted molar refractivity (Wildman–Crippen MR) is 87.7 cm³/mol. The Hall–Kier alpha value is -2.87. The Morgan fingerprint density at radius 2 is 1.29 bits per heavy atom. The van der Waals surface area contributed by atoms with Crippen LogP contribution in [0.1, 0.15) is 0 Å². The van der Waals surface area contributed by atoms with Gasteiger partial charge in [-0.2, -0.15) is 0 Å². The molecule has 0 bridgehead atoms. The maximum absolute atomic E-state index is 4.51. The van der Waals surface area contributed by atoms with Crippen LogP contribution in [-0.2, 0) is 0 Å². The standard InChI is InChI=1S/C19H12N2/c1-2-8-15-13(6-1)14-7-3-4-9-17(14)21-18-10-5-11-20-16(18)12-19(15)21/h1-12H. The van der Waals surface area contributed by atoms with E-state index < -0.39 is 0 Å². The van der Waals surface area contributed by atoms with Gasteiger partial charge in [-0.25, -0.2) is 0 Å². The molecule has 21 heavy (non-hydrogen) atoms. The predicted octanol–water partition coefficient (Wildman–Crippen LogP) is 4.79. The molecule has 0 aliphatic carbocycles. The number of hydrogen-bond acceptors (Lipinski definition) is 1. The smallest absolute Gasteiger partial charge is 0.0891 e. The van der Waals surface area contributed by atoms with Gasteiger partial charge in [0.05, 0.1) is 22.1 Å². The third-order valence-electron chi connectivity index (χ3n) is 4.21. The molecule has 0 atom stereocenters. The maximum Gasteiger partial charge on any atom is 0.0891 e. The summed E-state index contributed by atoms with van der Waals surface area (Å²) in [7, 11) is 0. The Morgan fingerprint density at radius 1 is 0.619 bits per heavy atom. The molecule has 2 aromatic carbocycles. The summed E-state index contributed by atoms with van der Waals surface area (Å²) >= 11 is 0.